The summed E-state index contributed by atoms with van der Waals surface area (Å²) in [4.78, 5) is 36.7. The van der Waals surface area contributed by atoms with Crippen LogP contribution in [-0.2, 0) is 9.59 Å². The molecule has 1 heterocycles. The van der Waals surface area contributed by atoms with Crippen LogP contribution < -0.4 is 9.64 Å². The van der Waals surface area contributed by atoms with Crippen LogP contribution in [0, 0.1) is 29.1 Å². The van der Waals surface area contributed by atoms with Crippen molar-refractivity contribution in [2.45, 2.75) is 12.8 Å². The van der Waals surface area contributed by atoms with Crippen LogP contribution in [0.15, 0.2) is 18.2 Å². The van der Waals surface area contributed by atoms with E-state index in [2.05, 4.69) is 4.74 Å². The number of hydrogen-bond donors (Lipinski definition) is 0. The van der Waals surface area contributed by atoms with Crippen LogP contribution in [0.25, 0.3) is 0 Å². The minimum atomic E-state index is -2.40. The van der Waals surface area contributed by atoms with Gasteiger partial charge < -0.3 is 9.64 Å². The Morgan fingerprint density at radius 3 is 2.14 bits per heavy atom. The van der Waals surface area contributed by atoms with E-state index < -0.39 is 46.7 Å². The molecule has 0 atom stereocenters. The minimum Gasteiger partial charge on any atom is -0.416 e. The summed E-state index contributed by atoms with van der Waals surface area (Å²) in [5, 5.41) is 0.0282. The monoisotopic (exact) mass is 433 g/mol. The molecule has 11 heteroatoms. The first-order chi connectivity index (χ1) is 13.6. The van der Waals surface area contributed by atoms with Crippen molar-refractivity contribution in [3.05, 3.63) is 57.9 Å². The molecule has 1 fully saturated rings. The van der Waals surface area contributed by atoms with Gasteiger partial charge in [-0.2, -0.15) is 8.78 Å². The van der Waals surface area contributed by atoms with Gasteiger partial charge in [-0.05, 0) is 18.2 Å². The quantitative estimate of drug-likeness (QED) is 0.184. The highest BCUT2D eigenvalue weighted by molar-refractivity contribution is 6.34. The Kier molecular flexibility index (Phi) is 5.56. The van der Waals surface area contributed by atoms with Crippen molar-refractivity contribution >= 4 is 34.9 Å². The molecule has 1 aliphatic heterocycles. The van der Waals surface area contributed by atoms with Crippen LogP contribution in [-0.4, -0.2) is 24.2 Å². The number of ketones is 1. The van der Waals surface area contributed by atoms with Gasteiger partial charge in [0.05, 0.1) is 22.7 Å². The maximum absolute atomic E-state index is 13.7. The van der Waals surface area contributed by atoms with Crippen LogP contribution in [0.4, 0.5) is 27.6 Å². The van der Waals surface area contributed by atoms with Crippen LogP contribution in [0.3, 0.4) is 0 Å². The molecule has 1 amide bonds. The smallest absolute Gasteiger partial charge is 0.343 e. The zero-order chi connectivity index (χ0) is 21.5. The van der Waals surface area contributed by atoms with Gasteiger partial charge in [-0.15, -0.1) is 0 Å². The van der Waals surface area contributed by atoms with Crippen molar-refractivity contribution in [3.63, 3.8) is 0 Å². The van der Waals surface area contributed by atoms with Gasteiger partial charge in [0.15, 0.2) is 0 Å². The maximum atomic E-state index is 13.7. The van der Waals surface area contributed by atoms with Crippen LogP contribution in [0.1, 0.15) is 23.2 Å². The summed E-state index contributed by atoms with van der Waals surface area (Å²) in [6, 6.07) is 3.29. The number of carbonyl (C=O) groups is 3. The molecule has 152 valence electrons. The van der Waals surface area contributed by atoms with Gasteiger partial charge in [0.1, 0.15) is 5.78 Å². The molecule has 0 aliphatic carbocycles. The number of amides is 1. The Morgan fingerprint density at radius 1 is 0.966 bits per heavy atom. The van der Waals surface area contributed by atoms with Gasteiger partial charge in [-0.1, -0.05) is 11.6 Å². The number of piperidine rings is 1. The second kappa shape index (κ2) is 7.78. The summed E-state index contributed by atoms with van der Waals surface area (Å²) in [6.07, 6.45) is -0.309. The van der Waals surface area contributed by atoms with E-state index in [1.54, 1.807) is 0 Å². The van der Waals surface area contributed by atoms with Crippen LogP contribution in [0.5, 0.6) is 5.75 Å². The molecule has 0 radical (unpaired) electrons. The van der Waals surface area contributed by atoms with E-state index in [0.717, 1.165) is 17.0 Å². The lowest BCUT2D eigenvalue weighted by atomic mass is 10.1. The molecular formula is C18H9ClF5NO4. The summed E-state index contributed by atoms with van der Waals surface area (Å²) in [7, 11) is 0. The Morgan fingerprint density at radius 2 is 1.55 bits per heavy atom. The largest absolute Gasteiger partial charge is 0.416 e. The van der Waals surface area contributed by atoms with E-state index in [0.29, 0.717) is 0 Å². The number of carbonyl (C=O) groups excluding carboxylic acids is 3. The topological polar surface area (TPSA) is 63.7 Å². The van der Waals surface area contributed by atoms with Crippen LogP contribution >= 0.6 is 11.6 Å². The third kappa shape index (κ3) is 3.80. The number of ether oxygens (including phenoxy) is 1. The molecule has 0 bridgehead atoms. The Bertz CT molecular complexity index is 1030. The van der Waals surface area contributed by atoms with Gasteiger partial charge in [-0.25, -0.2) is 18.0 Å². The maximum Gasteiger partial charge on any atom is 0.343 e. The van der Waals surface area contributed by atoms with E-state index in [4.69, 9.17) is 11.6 Å². The fourth-order valence-electron chi connectivity index (χ4n) is 2.64. The molecule has 0 saturated carbocycles. The number of halogens is 6. The summed E-state index contributed by atoms with van der Waals surface area (Å²) >= 11 is 6.01. The number of rotatable bonds is 3. The highest BCUT2D eigenvalue weighted by Gasteiger charge is 2.30. The number of anilines is 1. The van der Waals surface area contributed by atoms with E-state index in [1.807, 2.05) is 0 Å². The third-order valence-corrected chi connectivity index (χ3v) is 4.42. The fraction of sp³-hybridized carbons (Fsp3) is 0.167. The Labute approximate surface area is 164 Å². The molecular weight excluding hydrogens is 425 g/mol. The molecule has 3 rings (SSSR count). The van der Waals surface area contributed by atoms with Gasteiger partial charge in [0, 0.05) is 13.0 Å². The van der Waals surface area contributed by atoms with Crippen LogP contribution in [0.2, 0.25) is 5.02 Å². The molecule has 2 aromatic rings. The fourth-order valence-corrected chi connectivity index (χ4v) is 2.86. The van der Waals surface area contributed by atoms with Crippen molar-refractivity contribution in [3.8, 4) is 5.75 Å². The average Bonchev–Trinajstić information content (AvgIpc) is 2.69. The average molecular weight is 434 g/mol. The zero-order valence-corrected chi connectivity index (χ0v) is 15.0. The lowest BCUT2D eigenvalue weighted by molar-refractivity contribution is -0.128. The molecule has 29 heavy (non-hydrogen) atoms. The zero-order valence-electron chi connectivity index (χ0n) is 14.2. The van der Waals surface area contributed by atoms with Gasteiger partial charge >= 0.3 is 5.97 Å². The van der Waals surface area contributed by atoms with E-state index >= 15 is 0 Å². The normalized spacial score (nSPS) is 14.3. The van der Waals surface area contributed by atoms with Gasteiger partial charge in [0.2, 0.25) is 40.7 Å². The molecule has 1 saturated heterocycles. The van der Waals surface area contributed by atoms with E-state index in [-0.39, 0.29) is 41.4 Å². The molecule has 1 aliphatic rings. The lowest BCUT2D eigenvalue weighted by Gasteiger charge is -2.27. The van der Waals surface area contributed by atoms with Crippen molar-refractivity contribution in [1.29, 1.82) is 0 Å². The number of hydrogen-bond acceptors (Lipinski definition) is 4. The van der Waals surface area contributed by atoms with Crippen molar-refractivity contribution in [2.24, 2.45) is 0 Å². The van der Waals surface area contributed by atoms with E-state index in [1.165, 1.54) is 6.07 Å². The lowest BCUT2D eigenvalue weighted by Crippen LogP contribution is -2.39. The molecule has 2 aromatic carbocycles. The molecule has 0 N–H and O–H groups in total. The minimum absolute atomic E-state index is 0.00642. The predicted octanol–water partition coefficient (Wildman–Crippen LogP) is 3.95. The molecule has 0 aromatic heterocycles. The first-order valence-electron chi connectivity index (χ1n) is 7.97. The van der Waals surface area contributed by atoms with Crippen molar-refractivity contribution in [1.82, 2.24) is 0 Å². The predicted molar refractivity (Wildman–Crippen MR) is 89.2 cm³/mol. The standard InChI is InChI=1S/C18H9ClF5NO4/c19-9-2-1-7(5-10(9)25-4-3-8(26)6-11(25)27)18(28)29-17-15(23)13(21)12(20)14(22)16(17)24/h1-2,5H,3-4,6H2. The number of nitrogens with zero attached hydrogens (tertiary/aromatic N) is 1. The summed E-state index contributed by atoms with van der Waals surface area (Å²) < 4.78 is 71.3. The molecule has 5 nitrogen and oxygen atoms in total. The first-order valence-corrected chi connectivity index (χ1v) is 8.34. The Balaban J connectivity index is 1.94. The third-order valence-electron chi connectivity index (χ3n) is 4.10. The van der Waals surface area contributed by atoms with Gasteiger partial charge in [0.25, 0.3) is 0 Å². The van der Waals surface area contributed by atoms with E-state index in [9.17, 15) is 36.3 Å². The number of Topliss-reactive ketones (excluding diaryl/α,β-unsaturated/α-hetero) is 1. The molecule has 0 spiro atoms. The van der Waals surface area contributed by atoms with Gasteiger partial charge in [-0.3, -0.25) is 9.59 Å². The number of esters is 1. The van der Waals surface area contributed by atoms with Crippen molar-refractivity contribution < 1.29 is 41.1 Å². The SMILES string of the molecule is O=C1CCN(c2cc(C(=O)Oc3c(F)c(F)c(F)c(F)c3F)ccc2Cl)C(=O)C1. The first kappa shape index (κ1) is 20.7. The number of benzene rings is 2. The summed E-state index contributed by atoms with van der Waals surface area (Å²) in [5.74, 6) is -15.6. The highest BCUT2D eigenvalue weighted by Crippen LogP contribution is 2.32. The second-order valence-electron chi connectivity index (χ2n) is 5.97. The highest BCUT2D eigenvalue weighted by atomic mass is 35.5. The Hall–Kier alpha value is -3.01. The molecule has 0 unspecified atom stereocenters. The second-order valence-corrected chi connectivity index (χ2v) is 6.37. The summed E-state index contributed by atoms with van der Waals surface area (Å²) in [6.45, 7) is -0.00642. The summed E-state index contributed by atoms with van der Waals surface area (Å²) in [5.41, 5.74) is -0.353. The van der Waals surface area contributed by atoms with Crippen molar-refractivity contribution in [2.75, 3.05) is 11.4 Å².